The molecule has 26 heavy (non-hydrogen) atoms. The zero-order valence-electron chi connectivity index (χ0n) is 14.9. The quantitative estimate of drug-likeness (QED) is 0.806. The molecule has 3 rings (SSSR count). The summed E-state index contributed by atoms with van der Waals surface area (Å²) in [4.78, 5) is 40.6. The number of nitrogens with zero attached hydrogens (tertiary/aromatic N) is 2. The Kier molecular flexibility index (Phi) is 5.14. The topological polar surface area (TPSA) is 69.7 Å². The molecule has 0 saturated heterocycles. The summed E-state index contributed by atoms with van der Waals surface area (Å²) in [7, 11) is 3.53. The van der Waals surface area contributed by atoms with Gasteiger partial charge >= 0.3 is 0 Å². The Bertz CT molecular complexity index is 849. The molecular formula is C20H21N3O3. The normalized spacial score (nSPS) is 13.1. The lowest BCUT2D eigenvalue weighted by molar-refractivity contribution is 0.0642. The third-order valence-electron chi connectivity index (χ3n) is 4.45. The van der Waals surface area contributed by atoms with Gasteiger partial charge in [0.15, 0.2) is 0 Å². The van der Waals surface area contributed by atoms with Crippen LogP contribution in [0.15, 0.2) is 48.5 Å². The summed E-state index contributed by atoms with van der Waals surface area (Å²) in [5.74, 6) is -0.859. The number of benzene rings is 2. The summed E-state index contributed by atoms with van der Waals surface area (Å²) < 4.78 is 0. The SMILES string of the molecule is CNCCN(C)C(=O)c1ccc2c(c1)C(=O)N(Cc1ccccc1)C2=O. The van der Waals surface area contributed by atoms with E-state index in [1.165, 1.54) is 11.0 Å². The van der Waals surface area contributed by atoms with Crippen molar-refractivity contribution in [2.75, 3.05) is 27.2 Å². The fraction of sp³-hybridized carbons (Fsp3) is 0.250. The van der Waals surface area contributed by atoms with E-state index in [0.29, 0.717) is 29.8 Å². The summed E-state index contributed by atoms with van der Waals surface area (Å²) in [5.41, 5.74) is 1.93. The second-order valence-electron chi connectivity index (χ2n) is 6.27. The van der Waals surface area contributed by atoms with E-state index >= 15 is 0 Å². The van der Waals surface area contributed by atoms with Gasteiger partial charge in [-0.1, -0.05) is 30.3 Å². The second-order valence-corrected chi connectivity index (χ2v) is 6.27. The van der Waals surface area contributed by atoms with Gasteiger partial charge in [0.25, 0.3) is 17.7 Å². The fourth-order valence-electron chi connectivity index (χ4n) is 2.93. The van der Waals surface area contributed by atoms with Crippen LogP contribution in [-0.2, 0) is 6.54 Å². The first kappa shape index (κ1) is 17.8. The molecular weight excluding hydrogens is 330 g/mol. The first-order chi connectivity index (χ1) is 12.5. The molecule has 1 aliphatic heterocycles. The van der Waals surface area contributed by atoms with Crippen molar-refractivity contribution in [3.63, 3.8) is 0 Å². The Morgan fingerprint density at radius 3 is 2.42 bits per heavy atom. The number of amides is 3. The highest BCUT2D eigenvalue weighted by molar-refractivity contribution is 6.22. The monoisotopic (exact) mass is 351 g/mol. The summed E-state index contributed by atoms with van der Waals surface area (Å²) in [6.45, 7) is 1.45. The second kappa shape index (κ2) is 7.49. The van der Waals surface area contributed by atoms with Crippen molar-refractivity contribution in [1.29, 1.82) is 0 Å². The molecule has 0 spiro atoms. The maximum Gasteiger partial charge on any atom is 0.261 e. The third kappa shape index (κ3) is 3.36. The van der Waals surface area contributed by atoms with Crippen molar-refractivity contribution < 1.29 is 14.4 Å². The number of nitrogens with one attached hydrogen (secondary N) is 1. The molecule has 0 atom stereocenters. The zero-order valence-corrected chi connectivity index (χ0v) is 14.9. The molecule has 0 aromatic heterocycles. The Morgan fingerprint density at radius 2 is 1.73 bits per heavy atom. The van der Waals surface area contributed by atoms with Gasteiger partial charge in [0, 0.05) is 25.7 Å². The van der Waals surface area contributed by atoms with E-state index in [9.17, 15) is 14.4 Å². The number of carbonyl (C=O) groups is 3. The van der Waals surface area contributed by atoms with E-state index < -0.39 is 0 Å². The summed E-state index contributed by atoms with van der Waals surface area (Å²) >= 11 is 0. The molecule has 0 saturated carbocycles. The highest BCUT2D eigenvalue weighted by Gasteiger charge is 2.36. The van der Waals surface area contributed by atoms with Crippen LogP contribution in [0.2, 0.25) is 0 Å². The average Bonchev–Trinajstić information content (AvgIpc) is 2.90. The lowest BCUT2D eigenvalue weighted by Crippen LogP contribution is -2.32. The smallest absolute Gasteiger partial charge is 0.261 e. The fourth-order valence-corrected chi connectivity index (χ4v) is 2.93. The van der Waals surface area contributed by atoms with Gasteiger partial charge in [-0.15, -0.1) is 0 Å². The largest absolute Gasteiger partial charge is 0.340 e. The Morgan fingerprint density at radius 1 is 1.04 bits per heavy atom. The molecule has 0 aliphatic carbocycles. The predicted molar refractivity (Wildman–Crippen MR) is 98.0 cm³/mol. The first-order valence-electron chi connectivity index (χ1n) is 8.47. The van der Waals surface area contributed by atoms with E-state index in [1.54, 1.807) is 24.1 Å². The van der Waals surface area contributed by atoms with Crippen molar-refractivity contribution in [1.82, 2.24) is 15.1 Å². The van der Waals surface area contributed by atoms with E-state index in [-0.39, 0.29) is 24.3 Å². The van der Waals surface area contributed by atoms with Gasteiger partial charge in [0.1, 0.15) is 0 Å². The van der Waals surface area contributed by atoms with Gasteiger partial charge in [-0.05, 0) is 30.8 Å². The van der Waals surface area contributed by atoms with Crippen molar-refractivity contribution in [3.8, 4) is 0 Å². The maximum absolute atomic E-state index is 12.7. The molecule has 6 nitrogen and oxygen atoms in total. The molecule has 134 valence electrons. The van der Waals surface area contributed by atoms with Gasteiger partial charge in [-0.2, -0.15) is 0 Å². The minimum Gasteiger partial charge on any atom is -0.340 e. The summed E-state index contributed by atoms with van der Waals surface area (Å²) in [6, 6.07) is 14.1. The molecule has 0 fully saturated rings. The highest BCUT2D eigenvalue weighted by atomic mass is 16.2. The third-order valence-corrected chi connectivity index (χ3v) is 4.45. The highest BCUT2D eigenvalue weighted by Crippen LogP contribution is 2.26. The van der Waals surface area contributed by atoms with Crippen LogP contribution in [0.1, 0.15) is 36.6 Å². The van der Waals surface area contributed by atoms with Crippen molar-refractivity contribution in [2.45, 2.75) is 6.54 Å². The molecule has 1 N–H and O–H groups in total. The maximum atomic E-state index is 12.7. The molecule has 0 radical (unpaired) electrons. The minimum atomic E-state index is -0.360. The minimum absolute atomic E-state index is 0.176. The summed E-state index contributed by atoms with van der Waals surface area (Å²) in [6.07, 6.45) is 0. The molecule has 1 aliphatic rings. The molecule has 0 unspecified atom stereocenters. The number of carbonyl (C=O) groups excluding carboxylic acids is 3. The van der Waals surface area contributed by atoms with Crippen LogP contribution in [0.5, 0.6) is 0 Å². The van der Waals surface area contributed by atoms with Gasteiger partial charge < -0.3 is 10.2 Å². The van der Waals surface area contributed by atoms with E-state index in [0.717, 1.165) is 5.56 Å². The molecule has 0 bridgehead atoms. The number of fused-ring (bicyclic) bond motifs is 1. The molecule has 3 amide bonds. The van der Waals surface area contributed by atoms with Crippen LogP contribution in [0.3, 0.4) is 0 Å². The van der Waals surface area contributed by atoms with E-state index in [4.69, 9.17) is 0 Å². The van der Waals surface area contributed by atoms with Gasteiger partial charge in [0.05, 0.1) is 17.7 Å². The van der Waals surface area contributed by atoms with Crippen molar-refractivity contribution >= 4 is 17.7 Å². The number of hydrogen-bond acceptors (Lipinski definition) is 4. The van der Waals surface area contributed by atoms with Crippen LogP contribution < -0.4 is 5.32 Å². The molecule has 1 heterocycles. The lowest BCUT2D eigenvalue weighted by Gasteiger charge is -2.17. The van der Waals surface area contributed by atoms with Crippen molar-refractivity contribution in [3.05, 3.63) is 70.8 Å². The Balaban J connectivity index is 1.82. The molecule has 6 heteroatoms. The Labute approximate surface area is 152 Å². The van der Waals surface area contributed by atoms with Crippen LogP contribution >= 0.6 is 0 Å². The van der Waals surface area contributed by atoms with Crippen LogP contribution in [0, 0.1) is 0 Å². The number of rotatable bonds is 6. The van der Waals surface area contributed by atoms with Crippen LogP contribution in [-0.4, -0.2) is 54.7 Å². The van der Waals surface area contributed by atoms with Gasteiger partial charge in [-0.3, -0.25) is 19.3 Å². The van der Waals surface area contributed by atoms with Gasteiger partial charge in [0.2, 0.25) is 0 Å². The average molecular weight is 351 g/mol. The number of imide groups is 1. The predicted octanol–water partition coefficient (Wildman–Crippen LogP) is 1.77. The van der Waals surface area contributed by atoms with E-state index in [2.05, 4.69) is 5.32 Å². The van der Waals surface area contributed by atoms with Crippen LogP contribution in [0.25, 0.3) is 0 Å². The molecule has 2 aromatic carbocycles. The van der Waals surface area contributed by atoms with E-state index in [1.807, 2.05) is 37.4 Å². The number of hydrogen-bond donors (Lipinski definition) is 1. The molecule has 2 aromatic rings. The zero-order chi connectivity index (χ0) is 18.7. The summed E-state index contributed by atoms with van der Waals surface area (Å²) in [5, 5.41) is 2.99. The Hall–Kier alpha value is -2.99. The van der Waals surface area contributed by atoms with Gasteiger partial charge in [-0.25, -0.2) is 0 Å². The lowest BCUT2D eigenvalue weighted by atomic mass is 10.0. The number of likely N-dealkylation sites (N-methyl/N-ethyl adjacent to an activating group) is 2. The first-order valence-corrected chi connectivity index (χ1v) is 8.47. The van der Waals surface area contributed by atoms with Crippen LogP contribution in [0.4, 0.5) is 0 Å². The standard InChI is InChI=1S/C20H21N3O3/c1-21-10-11-22(2)18(24)15-8-9-16-17(12-15)20(26)23(19(16)25)13-14-6-4-3-5-7-14/h3-9,12,21H,10-11,13H2,1-2H3. The van der Waals surface area contributed by atoms with Crippen molar-refractivity contribution in [2.24, 2.45) is 0 Å².